The van der Waals surface area contributed by atoms with Gasteiger partial charge in [0, 0.05) is 13.1 Å². The second kappa shape index (κ2) is 4.81. The second-order valence-electron chi connectivity index (χ2n) is 5.73. The van der Waals surface area contributed by atoms with Crippen molar-refractivity contribution < 1.29 is 18.3 Å². The normalized spacial score (nSPS) is 38.1. The number of carboxylic acids is 1. The zero-order valence-corrected chi connectivity index (χ0v) is 11.7. The lowest BCUT2D eigenvalue weighted by molar-refractivity contribution is -0.141. The first-order chi connectivity index (χ1) is 8.34. The zero-order valence-electron chi connectivity index (χ0n) is 10.9. The molecule has 0 aromatic rings. The summed E-state index contributed by atoms with van der Waals surface area (Å²) < 4.78 is 26.5. The molecule has 4 atom stereocenters. The fourth-order valence-electron chi connectivity index (χ4n) is 3.04. The summed E-state index contributed by atoms with van der Waals surface area (Å²) in [5.74, 6) is -0.989. The Morgan fingerprint density at radius 3 is 2.22 bits per heavy atom. The van der Waals surface area contributed by atoms with E-state index in [-0.39, 0.29) is 0 Å². The van der Waals surface area contributed by atoms with E-state index in [9.17, 15) is 13.2 Å². The highest BCUT2D eigenvalue weighted by Gasteiger charge is 2.46. The third-order valence-electron chi connectivity index (χ3n) is 4.47. The van der Waals surface area contributed by atoms with Gasteiger partial charge in [-0.25, -0.2) is 12.7 Å². The summed E-state index contributed by atoms with van der Waals surface area (Å²) >= 11 is 0. The van der Waals surface area contributed by atoms with Crippen LogP contribution < -0.4 is 0 Å². The molecule has 104 valence electrons. The lowest BCUT2D eigenvalue weighted by Crippen LogP contribution is -2.41. The van der Waals surface area contributed by atoms with Crippen molar-refractivity contribution in [2.45, 2.75) is 38.4 Å². The quantitative estimate of drug-likeness (QED) is 0.838. The van der Waals surface area contributed by atoms with E-state index in [1.54, 1.807) is 0 Å². The number of aliphatic carboxylic acids is 1. The van der Waals surface area contributed by atoms with Gasteiger partial charge < -0.3 is 5.11 Å². The Morgan fingerprint density at radius 2 is 1.72 bits per heavy atom. The SMILES string of the molecule is CC1CN(S(=O)(=O)C2CCCC2C(=O)O)CC1C. The molecular weight excluding hydrogens is 254 g/mol. The molecule has 1 saturated carbocycles. The Labute approximate surface area is 108 Å². The fourth-order valence-corrected chi connectivity index (χ4v) is 5.44. The number of rotatable bonds is 3. The van der Waals surface area contributed by atoms with E-state index < -0.39 is 27.2 Å². The van der Waals surface area contributed by atoms with Crippen LogP contribution in [0.5, 0.6) is 0 Å². The van der Waals surface area contributed by atoms with Crippen LogP contribution in [0.15, 0.2) is 0 Å². The molecule has 1 saturated heterocycles. The van der Waals surface area contributed by atoms with Crippen molar-refractivity contribution in [3.05, 3.63) is 0 Å². The van der Waals surface area contributed by atoms with E-state index in [2.05, 4.69) is 0 Å². The molecule has 4 unspecified atom stereocenters. The molecule has 1 heterocycles. The monoisotopic (exact) mass is 275 g/mol. The van der Waals surface area contributed by atoms with Crippen molar-refractivity contribution in [2.75, 3.05) is 13.1 Å². The molecule has 2 rings (SSSR count). The minimum atomic E-state index is -3.45. The molecule has 5 nitrogen and oxygen atoms in total. The van der Waals surface area contributed by atoms with Crippen LogP contribution in [0.1, 0.15) is 33.1 Å². The van der Waals surface area contributed by atoms with Crippen LogP contribution in [0.25, 0.3) is 0 Å². The van der Waals surface area contributed by atoms with Gasteiger partial charge in [-0.05, 0) is 24.7 Å². The van der Waals surface area contributed by atoms with Crippen molar-refractivity contribution in [1.29, 1.82) is 0 Å². The van der Waals surface area contributed by atoms with Gasteiger partial charge in [0.2, 0.25) is 10.0 Å². The van der Waals surface area contributed by atoms with E-state index in [0.29, 0.717) is 44.2 Å². The van der Waals surface area contributed by atoms with Crippen LogP contribution in [-0.4, -0.2) is 42.1 Å². The zero-order chi connectivity index (χ0) is 13.5. The molecule has 1 aliphatic heterocycles. The van der Waals surface area contributed by atoms with Crippen LogP contribution in [0, 0.1) is 17.8 Å². The van der Waals surface area contributed by atoms with Crippen molar-refractivity contribution in [2.24, 2.45) is 17.8 Å². The van der Waals surface area contributed by atoms with E-state index in [4.69, 9.17) is 5.11 Å². The number of nitrogens with zero attached hydrogens (tertiary/aromatic N) is 1. The average Bonchev–Trinajstić information content (AvgIpc) is 2.87. The second-order valence-corrected chi connectivity index (χ2v) is 7.88. The minimum absolute atomic E-state index is 0.351. The van der Waals surface area contributed by atoms with Gasteiger partial charge in [-0.1, -0.05) is 20.3 Å². The van der Waals surface area contributed by atoms with Crippen LogP contribution in [0.3, 0.4) is 0 Å². The van der Waals surface area contributed by atoms with Crippen LogP contribution >= 0.6 is 0 Å². The highest BCUT2D eigenvalue weighted by Crippen LogP contribution is 2.35. The standard InChI is InChI=1S/C12H21NO4S/c1-8-6-13(7-9(8)2)18(16,17)11-5-3-4-10(11)12(14)15/h8-11H,3-7H2,1-2H3,(H,14,15). The van der Waals surface area contributed by atoms with Crippen molar-refractivity contribution in [3.63, 3.8) is 0 Å². The van der Waals surface area contributed by atoms with Crippen LogP contribution in [0.4, 0.5) is 0 Å². The van der Waals surface area contributed by atoms with Crippen LogP contribution in [-0.2, 0) is 14.8 Å². The fraction of sp³-hybridized carbons (Fsp3) is 0.917. The van der Waals surface area contributed by atoms with Gasteiger partial charge in [0.15, 0.2) is 0 Å². The number of sulfonamides is 1. The van der Waals surface area contributed by atoms with Crippen molar-refractivity contribution in [1.82, 2.24) is 4.31 Å². The summed E-state index contributed by atoms with van der Waals surface area (Å²) in [7, 11) is -3.45. The van der Waals surface area contributed by atoms with Crippen LogP contribution in [0.2, 0.25) is 0 Å². The Balaban J connectivity index is 2.19. The summed E-state index contributed by atoms with van der Waals surface area (Å²) in [5, 5.41) is 8.40. The molecule has 0 spiro atoms. The lowest BCUT2D eigenvalue weighted by Gasteiger charge is -2.23. The van der Waals surface area contributed by atoms with Gasteiger partial charge in [0.05, 0.1) is 11.2 Å². The molecule has 2 fully saturated rings. The van der Waals surface area contributed by atoms with Gasteiger partial charge in [-0.15, -0.1) is 0 Å². The predicted octanol–water partition coefficient (Wildman–Crippen LogP) is 1.16. The number of carbonyl (C=O) groups is 1. The Kier molecular flexibility index (Phi) is 3.69. The first-order valence-corrected chi connectivity index (χ1v) is 8.06. The maximum absolute atomic E-state index is 12.5. The third-order valence-corrected chi connectivity index (χ3v) is 6.81. The first-order valence-electron chi connectivity index (χ1n) is 6.55. The van der Waals surface area contributed by atoms with Gasteiger partial charge in [-0.3, -0.25) is 4.79 Å². The Hall–Kier alpha value is -0.620. The minimum Gasteiger partial charge on any atom is -0.481 e. The van der Waals surface area contributed by atoms with Gasteiger partial charge in [0.1, 0.15) is 0 Å². The molecule has 18 heavy (non-hydrogen) atoms. The van der Waals surface area contributed by atoms with E-state index in [1.807, 2.05) is 13.8 Å². The number of hydrogen-bond acceptors (Lipinski definition) is 3. The summed E-state index contributed by atoms with van der Waals surface area (Å²) in [6.07, 6.45) is 1.66. The molecular formula is C12H21NO4S. The highest BCUT2D eigenvalue weighted by atomic mass is 32.2. The molecule has 0 amide bonds. The average molecular weight is 275 g/mol. The summed E-state index contributed by atoms with van der Waals surface area (Å²) in [4.78, 5) is 11.1. The largest absolute Gasteiger partial charge is 0.481 e. The highest BCUT2D eigenvalue weighted by molar-refractivity contribution is 7.89. The molecule has 1 aliphatic carbocycles. The van der Waals surface area contributed by atoms with Gasteiger partial charge in [-0.2, -0.15) is 0 Å². The topological polar surface area (TPSA) is 74.7 Å². The molecule has 0 radical (unpaired) electrons. The van der Waals surface area contributed by atoms with E-state index in [1.165, 1.54) is 4.31 Å². The molecule has 1 N–H and O–H groups in total. The third kappa shape index (κ3) is 2.28. The first kappa shape index (κ1) is 13.8. The summed E-state index contributed by atoms with van der Waals surface area (Å²) in [5.41, 5.74) is 0. The van der Waals surface area contributed by atoms with E-state index >= 15 is 0 Å². The van der Waals surface area contributed by atoms with Gasteiger partial charge >= 0.3 is 5.97 Å². The maximum atomic E-state index is 12.5. The van der Waals surface area contributed by atoms with Crippen molar-refractivity contribution >= 4 is 16.0 Å². The lowest BCUT2D eigenvalue weighted by atomic mass is 10.0. The maximum Gasteiger partial charge on any atom is 0.307 e. The predicted molar refractivity (Wildman–Crippen MR) is 67.6 cm³/mol. The van der Waals surface area contributed by atoms with Gasteiger partial charge in [0.25, 0.3) is 0 Å². The number of carboxylic acid groups (broad SMARTS) is 1. The molecule has 0 aromatic heterocycles. The Morgan fingerprint density at radius 1 is 1.17 bits per heavy atom. The number of hydrogen-bond donors (Lipinski definition) is 1. The molecule has 2 aliphatic rings. The Bertz CT molecular complexity index is 423. The molecule has 0 aromatic carbocycles. The molecule has 6 heteroatoms. The summed E-state index contributed by atoms with van der Waals surface area (Å²) in [6.45, 7) is 5.16. The smallest absolute Gasteiger partial charge is 0.307 e. The summed E-state index contributed by atoms with van der Waals surface area (Å²) in [6, 6.07) is 0. The molecule has 0 bridgehead atoms. The van der Waals surface area contributed by atoms with E-state index in [0.717, 1.165) is 0 Å². The van der Waals surface area contributed by atoms with Crippen molar-refractivity contribution in [3.8, 4) is 0 Å².